The van der Waals surface area contributed by atoms with Gasteiger partial charge in [0.05, 0.1) is 0 Å². The summed E-state index contributed by atoms with van der Waals surface area (Å²) in [5, 5.41) is 1.43. The SMILES string of the molecule is c1ccc(C2(c3ccccc3)C[As]=[As]2)cc1. The summed E-state index contributed by atoms with van der Waals surface area (Å²) in [5.41, 5.74) is 3.09. The van der Waals surface area contributed by atoms with Gasteiger partial charge in [-0.05, 0) is 0 Å². The van der Waals surface area contributed by atoms with Crippen molar-refractivity contribution >= 4 is 26.3 Å². The number of hydrogen-bond acceptors (Lipinski definition) is 0. The third kappa shape index (κ3) is 1.69. The van der Waals surface area contributed by atoms with E-state index in [1.807, 2.05) is 0 Å². The van der Waals surface area contributed by atoms with Gasteiger partial charge in [0.1, 0.15) is 0 Å². The Morgan fingerprint density at radius 3 is 1.50 bits per heavy atom. The predicted octanol–water partition coefficient (Wildman–Crippen LogP) is 2.69. The molecule has 0 aliphatic carbocycles. The van der Waals surface area contributed by atoms with Crippen molar-refractivity contribution in [3.63, 3.8) is 0 Å². The number of benzene rings is 2. The molecule has 1 aliphatic rings. The maximum absolute atomic E-state index is 2.31. The fraction of sp³-hybridized carbons (Fsp3) is 0.143. The molecule has 0 amide bonds. The minimum atomic E-state index is 0.443. The van der Waals surface area contributed by atoms with Crippen LogP contribution in [0.15, 0.2) is 60.7 Å². The molecular formula is C14H12As2. The molecule has 0 radical (unpaired) electrons. The van der Waals surface area contributed by atoms with Crippen molar-refractivity contribution in [3.05, 3.63) is 71.8 Å². The standard InChI is InChI=1S/C14H12As2/c1-3-7-12(8-4-1)14(11-15-16-14)13-9-5-2-6-10-13/h1-10H,11H2. The molecule has 0 bridgehead atoms. The quantitative estimate of drug-likeness (QED) is 0.743. The fourth-order valence-electron chi connectivity index (χ4n) is 2.10. The van der Waals surface area contributed by atoms with Gasteiger partial charge in [-0.2, -0.15) is 0 Å². The van der Waals surface area contributed by atoms with Crippen LogP contribution in [0.4, 0.5) is 0 Å². The summed E-state index contributed by atoms with van der Waals surface area (Å²) in [6, 6.07) is 22.2. The summed E-state index contributed by atoms with van der Waals surface area (Å²) in [4.78, 5) is 0. The van der Waals surface area contributed by atoms with Gasteiger partial charge in [-0.15, -0.1) is 0 Å². The summed E-state index contributed by atoms with van der Waals surface area (Å²) >= 11 is 1.20. The average molecular weight is 330 g/mol. The van der Waals surface area contributed by atoms with Crippen molar-refractivity contribution in [2.75, 3.05) is 0 Å². The average Bonchev–Trinajstić information content (AvgIpc) is 2.31. The molecule has 2 aromatic rings. The first kappa shape index (κ1) is 10.7. The second kappa shape index (κ2) is 4.44. The van der Waals surface area contributed by atoms with Crippen LogP contribution in [0.2, 0.25) is 5.21 Å². The molecule has 0 atom stereocenters. The van der Waals surface area contributed by atoms with Gasteiger partial charge in [0.15, 0.2) is 0 Å². The molecule has 0 saturated heterocycles. The van der Waals surface area contributed by atoms with Crippen LogP contribution in [0.1, 0.15) is 11.1 Å². The third-order valence-corrected chi connectivity index (χ3v) is 14.7. The van der Waals surface area contributed by atoms with Crippen LogP contribution in [0, 0.1) is 0 Å². The Balaban J connectivity index is 2.12. The summed E-state index contributed by atoms with van der Waals surface area (Å²) in [5.74, 6) is 0. The molecule has 16 heavy (non-hydrogen) atoms. The van der Waals surface area contributed by atoms with E-state index in [1.165, 1.54) is 5.21 Å². The zero-order valence-electron chi connectivity index (χ0n) is 8.88. The molecule has 0 saturated carbocycles. The van der Waals surface area contributed by atoms with Crippen LogP contribution in [0.25, 0.3) is 0 Å². The molecule has 1 heterocycles. The zero-order valence-corrected chi connectivity index (χ0v) is 12.6. The topological polar surface area (TPSA) is 0 Å². The van der Waals surface area contributed by atoms with Crippen molar-refractivity contribution in [3.8, 4) is 0 Å². The van der Waals surface area contributed by atoms with Gasteiger partial charge in [0.2, 0.25) is 0 Å². The van der Waals surface area contributed by atoms with Crippen molar-refractivity contribution in [1.29, 1.82) is 0 Å². The van der Waals surface area contributed by atoms with Gasteiger partial charge in [0.25, 0.3) is 0 Å². The van der Waals surface area contributed by atoms with Crippen LogP contribution < -0.4 is 0 Å². The van der Waals surface area contributed by atoms with E-state index in [0.717, 1.165) is 0 Å². The van der Waals surface area contributed by atoms with Gasteiger partial charge in [0, 0.05) is 0 Å². The zero-order chi connectivity index (χ0) is 10.8. The monoisotopic (exact) mass is 330 g/mol. The summed E-state index contributed by atoms with van der Waals surface area (Å²) < 4.78 is 0.443. The second-order valence-corrected chi connectivity index (χ2v) is 12.5. The first-order valence-corrected chi connectivity index (χ1v) is 12.9. The number of hydrogen-bond donors (Lipinski definition) is 0. The molecule has 1 aliphatic heterocycles. The molecule has 0 nitrogen and oxygen atoms in total. The Labute approximate surface area is 107 Å². The van der Waals surface area contributed by atoms with Crippen molar-refractivity contribution in [2.45, 2.75) is 9.41 Å². The van der Waals surface area contributed by atoms with Gasteiger partial charge in [-0.3, -0.25) is 0 Å². The van der Waals surface area contributed by atoms with E-state index in [9.17, 15) is 0 Å². The van der Waals surface area contributed by atoms with Crippen molar-refractivity contribution < 1.29 is 0 Å². The normalized spacial score (nSPS) is 18.8. The van der Waals surface area contributed by atoms with E-state index < -0.39 is 0 Å². The van der Waals surface area contributed by atoms with E-state index in [1.54, 1.807) is 11.1 Å². The third-order valence-electron chi connectivity index (χ3n) is 3.04. The molecule has 0 fully saturated rings. The predicted molar refractivity (Wildman–Crippen MR) is 70.0 cm³/mol. The van der Waals surface area contributed by atoms with E-state index in [2.05, 4.69) is 60.7 Å². The van der Waals surface area contributed by atoms with Crippen molar-refractivity contribution in [2.24, 2.45) is 0 Å². The van der Waals surface area contributed by atoms with E-state index in [0.29, 0.717) is 30.5 Å². The van der Waals surface area contributed by atoms with Gasteiger partial charge in [-0.25, -0.2) is 0 Å². The fourth-order valence-corrected chi connectivity index (χ4v) is 12.0. The van der Waals surface area contributed by atoms with Gasteiger partial charge < -0.3 is 0 Å². The van der Waals surface area contributed by atoms with Gasteiger partial charge >= 0.3 is 107 Å². The Morgan fingerprint density at radius 2 is 1.19 bits per heavy atom. The molecule has 0 spiro atoms. The Bertz CT molecular complexity index is 463. The molecule has 2 aromatic carbocycles. The van der Waals surface area contributed by atoms with Crippen LogP contribution in [-0.2, 0) is 4.20 Å². The summed E-state index contributed by atoms with van der Waals surface area (Å²) in [6.07, 6.45) is 0. The summed E-state index contributed by atoms with van der Waals surface area (Å²) in [6.45, 7) is 0. The van der Waals surface area contributed by atoms with Gasteiger partial charge in [-0.1, -0.05) is 0 Å². The van der Waals surface area contributed by atoms with Crippen LogP contribution in [0.5, 0.6) is 0 Å². The second-order valence-electron chi connectivity index (χ2n) is 3.99. The maximum atomic E-state index is 2.31. The van der Waals surface area contributed by atoms with E-state index in [-0.39, 0.29) is 0 Å². The molecule has 78 valence electrons. The Morgan fingerprint density at radius 1 is 0.750 bits per heavy atom. The number of rotatable bonds is 2. The minimum absolute atomic E-state index is 0.443. The molecule has 0 N–H and O–H groups in total. The Hall–Kier alpha value is -0.443. The molecule has 2 heteroatoms. The summed E-state index contributed by atoms with van der Waals surface area (Å²) in [7, 11) is 0. The van der Waals surface area contributed by atoms with Crippen LogP contribution >= 0.6 is 0 Å². The first-order chi connectivity index (χ1) is 7.92. The van der Waals surface area contributed by atoms with E-state index >= 15 is 0 Å². The molecule has 0 unspecified atom stereocenters. The van der Waals surface area contributed by atoms with Crippen LogP contribution in [-0.4, -0.2) is 26.3 Å². The Kier molecular flexibility index (Phi) is 2.97. The van der Waals surface area contributed by atoms with Crippen molar-refractivity contribution in [1.82, 2.24) is 0 Å². The van der Waals surface area contributed by atoms with E-state index in [4.69, 9.17) is 0 Å². The molecular weight excluding hydrogens is 318 g/mol. The molecule has 0 aromatic heterocycles. The van der Waals surface area contributed by atoms with Crippen LogP contribution in [0.3, 0.4) is 0 Å². The first-order valence-electron chi connectivity index (χ1n) is 5.41. The molecule has 3 rings (SSSR count).